The highest BCUT2D eigenvalue weighted by atomic mass is 16.2. The normalized spacial score (nSPS) is 10.3. The minimum Gasteiger partial charge on any atom is -0.342 e. The van der Waals surface area contributed by atoms with E-state index in [1.165, 1.54) is 0 Å². The zero-order valence-corrected chi connectivity index (χ0v) is 6.92. The molecule has 0 aromatic rings. The molecule has 0 aliphatic rings. The summed E-state index contributed by atoms with van der Waals surface area (Å²) in [5.74, 6) is 0.0874. The van der Waals surface area contributed by atoms with Gasteiger partial charge in [0, 0.05) is 13.6 Å². The third-order valence-corrected chi connectivity index (χ3v) is 1.24. The molecule has 2 nitrogen and oxygen atoms in total. The van der Waals surface area contributed by atoms with Gasteiger partial charge in [0.05, 0.1) is 0 Å². The van der Waals surface area contributed by atoms with E-state index in [2.05, 4.69) is 6.92 Å². The van der Waals surface area contributed by atoms with Crippen LogP contribution in [-0.2, 0) is 4.79 Å². The summed E-state index contributed by atoms with van der Waals surface area (Å²) in [6.45, 7) is 4.74. The summed E-state index contributed by atoms with van der Waals surface area (Å²) in [5, 5.41) is 0. The molecular weight excluding hydrogens is 126 g/mol. The predicted octanol–water partition coefficient (Wildman–Crippen LogP) is 1.43. The van der Waals surface area contributed by atoms with Crippen molar-refractivity contribution in [1.29, 1.82) is 0 Å². The third-order valence-electron chi connectivity index (χ3n) is 1.24. The summed E-state index contributed by atoms with van der Waals surface area (Å²) in [4.78, 5) is 12.7. The van der Waals surface area contributed by atoms with Gasteiger partial charge in [-0.1, -0.05) is 13.0 Å². The number of hydrogen-bond donors (Lipinski definition) is 0. The first-order valence-electron chi connectivity index (χ1n) is 3.60. The molecule has 0 bridgehead atoms. The number of hydrogen-bond acceptors (Lipinski definition) is 1. The van der Waals surface area contributed by atoms with Crippen molar-refractivity contribution >= 4 is 5.91 Å². The van der Waals surface area contributed by atoms with Gasteiger partial charge in [0.15, 0.2) is 0 Å². The van der Waals surface area contributed by atoms with Gasteiger partial charge in [0.2, 0.25) is 5.91 Å². The lowest BCUT2D eigenvalue weighted by Gasteiger charge is -2.12. The van der Waals surface area contributed by atoms with Crippen molar-refractivity contribution in [3.63, 3.8) is 0 Å². The monoisotopic (exact) mass is 141 g/mol. The zero-order valence-electron chi connectivity index (χ0n) is 6.92. The molecule has 1 amide bonds. The van der Waals surface area contributed by atoms with E-state index in [0.29, 0.717) is 0 Å². The molecule has 0 rings (SSSR count). The molecule has 10 heavy (non-hydrogen) atoms. The summed E-state index contributed by atoms with van der Waals surface area (Å²) >= 11 is 0. The van der Waals surface area contributed by atoms with Crippen molar-refractivity contribution in [3.05, 3.63) is 12.2 Å². The number of carbonyl (C=O) groups excluding carboxylic acids is 1. The van der Waals surface area contributed by atoms with Crippen molar-refractivity contribution in [1.82, 2.24) is 4.90 Å². The lowest BCUT2D eigenvalue weighted by atomic mass is 10.4. The minimum absolute atomic E-state index is 0.0874. The average molecular weight is 141 g/mol. The Morgan fingerprint density at radius 3 is 2.60 bits per heavy atom. The molecule has 0 spiro atoms. The van der Waals surface area contributed by atoms with Gasteiger partial charge in [-0.15, -0.1) is 0 Å². The van der Waals surface area contributed by atoms with Crippen LogP contribution in [0, 0.1) is 0 Å². The van der Waals surface area contributed by atoms with E-state index < -0.39 is 0 Å². The molecule has 0 aliphatic carbocycles. The Balaban J connectivity index is 3.70. The lowest BCUT2D eigenvalue weighted by Crippen LogP contribution is -2.25. The Morgan fingerprint density at radius 1 is 1.60 bits per heavy atom. The summed E-state index contributed by atoms with van der Waals surface area (Å²) < 4.78 is 0. The Kier molecular flexibility index (Phi) is 4.63. The molecule has 0 radical (unpaired) electrons. The van der Waals surface area contributed by atoms with Crippen molar-refractivity contribution in [3.8, 4) is 0 Å². The Bertz CT molecular complexity index is 129. The fourth-order valence-electron chi connectivity index (χ4n) is 0.715. The maximum Gasteiger partial charge on any atom is 0.245 e. The molecule has 0 unspecified atom stereocenters. The van der Waals surface area contributed by atoms with Gasteiger partial charge in [0.1, 0.15) is 0 Å². The number of rotatable bonds is 3. The zero-order chi connectivity index (χ0) is 7.98. The highest BCUT2D eigenvalue weighted by Crippen LogP contribution is 1.88. The highest BCUT2D eigenvalue weighted by Gasteiger charge is 2.00. The number of carbonyl (C=O) groups is 1. The Morgan fingerprint density at radius 2 is 2.20 bits per heavy atom. The topological polar surface area (TPSA) is 20.3 Å². The number of likely N-dealkylation sites (N-methyl/N-ethyl adjacent to an activating group) is 1. The van der Waals surface area contributed by atoms with Crippen LogP contribution < -0.4 is 0 Å². The van der Waals surface area contributed by atoms with E-state index in [-0.39, 0.29) is 5.91 Å². The van der Waals surface area contributed by atoms with Crippen molar-refractivity contribution in [2.75, 3.05) is 13.6 Å². The molecule has 0 aliphatic heterocycles. The van der Waals surface area contributed by atoms with Crippen LogP contribution in [0.3, 0.4) is 0 Å². The molecule has 0 N–H and O–H groups in total. The fourth-order valence-corrected chi connectivity index (χ4v) is 0.715. The first-order chi connectivity index (χ1) is 4.72. The predicted molar refractivity (Wildman–Crippen MR) is 42.7 cm³/mol. The van der Waals surface area contributed by atoms with E-state index in [1.807, 2.05) is 14.0 Å². The average Bonchev–Trinajstić information content (AvgIpc) is 1.89. The summed E-state index contributed by atoms with van der Waals surface area (Å²) in [6.07, 6.45) is 4.35. The molecule has 0 aromatic carbocycles. The van der Waals surface area contributed by atoms with Crippen molar-refractivity contribution in [2.24, 2.45) is 0 Å². The summed E-state index contributed by atoms with van der Waals surface area (Å²) in [7, 11) is 1.81. The summed E-state index contributed by atoms with van der Waals surface area (Å²) in [5.41, 5.74) is 0. The number of allylic oxidation sites excluding steroid dienone is 1. The second-order valence-corrected chi connectivity index (χ2v) is 2.26. The molecular formula is C8H15NO. The van der Waals surface area contributed by atoms with Crippen LogP contribution in [0.4, 0.5) is 0 Å². The Labute approximate surface area is 62.5 Å². The van der Waals surface area contributed by atoms with Crippen LogP contribution in [-0.4, -0.2) is 24.4 Å². The number of amides is 1. The summed E-state index contributed by atoms with van der Waals surface area (Å²) in [6, 6.07) is 0. The van der Waals surface area contributed by atoms with Crippen molar-refractivity contribution in [2.45, 2.75) is 20.3 Å². The molecule has 58 valence electrons. The minimum atomic E-state index is 0.0874. The van der Waals surface area contributed by atoms with Gasteiger partial charge in [-0.3, -0.25) is 4.79 Å². The van der Waals surface area contributed by atoms with Gasteiger partial charge < -0.3 is 4.90 Å². The highest BCUT2D eigenvalue weighted by molar-refractivity contribution is 5.87. The molecule has 0 heterocycles. The van der Waals surface area contributed by atoms with Crippen LogP contribution >= 0.6 is 0 Å². The van der Waals surface area contributed by atoms with Crippen LogP contribution in [0.1, 0.15) is 20.3 Å². The molecule has 0 saturated heterocycles. The third kappa shape index (κ3) is 3.28. The first-order valence-corrected chi connectivity index (χ1v) is 3.60. The lowest BCUT2D eigenvalue weighted by molar-refractivity contribution is -0.124. The quantitative estimate of drug-likeness (QED) is 0.544. The number of nitrogens with zero attached hydrogens (tertiary/aromatic N) is 1. The molecule has 2 heteroatoms. The molecule has 0 aromatic heterocycles. The van der Waals surface area contributed by atoms with E-state index >= 15 is 0 Å². The fraction of sp³-hybridized carbons (Fsp3) is 0.625. The molecule has 0 fully saturated rings. The second-order valence-electron chi connectivity index (χ2n) is 2.26. The maximum absolute atomic E-state index is 11.0. The van der Waals surface area contributed by atoms with Crippen LogP contribution in [0.5, 0.6) is 0 Å². The van der Waals surface area contributed by atoms with E-state index in [4.69, 9.17) is 0 Å². The molecule has 0 atom stereocenters. The van der Waals surface area contributed by atoms with E-state index in [0.717, 1.165) is 13.0 Å². The standard InChI is InChI=1S/C8H15NO/c1-4-6-8(10)9(3)7-5-2/h4,6H,5,7H2,1-3H3/b6-4-. The molecule has 0 saturated carbocycles. The SMILES string of the molecule is C/C=C\C(=O)N(C)CCC. The van der Waals surface area contributed by atoms with Gasteiger partial charge >= 0.3 is 0 Å². The van der Waals surface area contributed by atoms with Crippen molar-refractivity contribution < 1.29 is 4.79 Å². The van der Waals surface area contributed by atoms with Crippen LogP contribution in [0.2, 0.25) is 0 Å². The smallest absolute Gasteiger partial charge is 0.245 e. The van der Waals surface area contributed by atoms with Crippen LogP contribution in [0.15, 0.2) is 12.2 Å². The first kappa shape index (κ1) is 9.21. The van der Waals surface area contributed by atoms with E-state index in [1.54, 1.807) is 17.1 Å². The largest absolute Gasteiger partial charge is 0.342 e. The second kappa shape index (κ2) is 5.03. The van der Waals surface area contributed by atoms with Gasteiger partial charge in [-0.05, 0) is 19.4 Å². The maximum atomic E-state index is 11.0. The van der Waals surface area contributed by atoms with Gasteiger partial charge in [0.25, 0.3) is 0 Å². The van der Waals surface area contributed by atoms with Crippen LogP contribution in [0.25, 0.3) is 0 Å². The van der Waals surface area contributed by atoms with Gasteiger partial charge in [-0.2, -0.15) is 0 Å². The van der Waals surface area contributed by atoms with E-state index in [9.17, 15) is 4.79 Å². The van der Waals surface area contributed by atoms with Gasteiger partial charge in [-0.25, -0.2) is 0 Å². The Hall–Kier alpha value is -0.790.